The molecular weight excluding hydrogens is 326 g/mol. The van der Waals surface area contributed by atoms with E-state index in [0.29, 0.717) is 16.5 Å². The first-order valence-corrected chi connectivity index (χ1v) is 9.06. The van der Waals surface area contributed by atoms with Gasteiger partial charge in [-0.2, -0.15) is 0 Å². The van der Waals surface area contributed by atoms with Gasteiger partial charge in [-0.25, -0.2) is 13.1 Å². The van der Waals surface area contributed by atoms with Gasteiger partial charge in [0.05, 0.1) is 10.5 Å². The summed E-state index contributed by atoms with van der Waals surface area (Å²) in [7, 11) is -2.17. The predicted octanol–water partition coefficient (Wildman–Crippen LogP) is 2.41. The average molecular weight is 343 g/mol. The number of aromatic nitrogens is 2. The Balaban J connectivity index is 1.96. The Kier molecular flexibility index (Phi) is 3.13. The van der Waals surface area contributed by atoms with Crippen LogP contribution in [0.25, 0.3) is 16.5 Å². The second-order valence-electron chi connectivity index (χ2n) is 5.94. The molecule has 0 aliphatic heterocycles. The Hall–Kier alpha value is -2.51. The second kappa shape index (κ2) is 4.99. The van der Waals surface area contributed by atoms with Gasteiger partial charge in [-0.15, -0.1) is 0 Å². The fourth-order valence-electron chi connectivity index (χ4n) is 3.30. The van der Waals surface area contributed by atoms with Gasteiger partial charge in [-0.1, -0.05) is 6.08 Å². The summed E-state index contributed by atoms with van der Waals surface area (Å²) in [5.41, 5.74) is 5.42. The Morgan fingerprint density at radius 2 is 2.00 bits per heavy atom. The van der Waals surface area contributed by atoms with Crippen LogP contribution in [0.15, 0.2) is 35.2 Å². The van der Waals surface area contributed by atoms with Crippen molar-refractivity contribution < 1.29 is 13.5 Å². The molecule has 3 aromatic rings. The molecule has 0 unspecified atom stereocenters. The predicted molar refractivity (Wildman–Crippen MR) is 92.5 cm³/mol. The number of H-pyrrole nitrogens is 2. The van der Waals surface area contributed by atoms with E-state index in [9.17, 15) is 13.5 Å². The summed E-state index contributed by atoms with van der Waals surface area (Å²) in [4.78, 5) is 6.41. The largest absolute Gasteiger partial charge is 0.494 e. The lowest BCUT2D eigenvalue weighted by atomic mass is 10.0. The summed E-state index contributed by atoms with van der Waals surface area (Å²) in [6, 6.07) is 6.85. The zero-order valence-electron chi connectivity index (χ0n) is 13.3. The van der Waals surface area contributed by atoms with Gasteiger partial charge in [-0.05, 0) is 50.2 Å². The molecular formula is C17H17N3O3S. The van der Waals surface area contributed by atoms with E-state index in [-0.39, 0.29) is 10.8 Å². The molecule has 124 valence electrons. The smallest absolute Gasteiger partial charge is 0.240 e. The molecule has 1 aliphatic carbocycles. The first-order chi connectivity index (χ1) is 11.4. The number of aryl methyl sites for hydroxylation is 1. The van der Waals surface area contributed by atoms with Gasteiger partial charge >= 0.3 is 0 Å². The number of aromatic amines is 2. The maximum Gasteiger partial charge on any atom is 0.240 e. The molecule has 0 radical (unpaired) electrons. The molecule has 4 rings (SSSR count). The summed E-state index contributed by atoms with van der Waals surface area (Å²) < 4.78 is 26.5. The van der Waals surface area contributed by atoms with Crippen LogP contribution >= 0.6 is 0 Å². The van der Waals surface area contributed by atoms with Crippen molar-refractivity contribution in [2.75, 3.05) is 7.05 Å². The molecule has 7 heteroatoms. The van der Waals surface area contributed by atoms with Crippen LogP contribution in [0, 0.1) is 6.92 Å². The number of aromatic hydroxyl groups is 1. The summed E-state index contributed by atoms with van der Waals surface area (Å²) in [6.07, 6.45) is 2.83. The zero-order valence-corrected chi connectivity index (χ0v) is 14.1. The van der Waals surface area contributed by atoms with Crippen LogP contribution in [0.3, 0.4) is 0 Å². The number of fused-ring (bicyclic) bond motifs is 2. The summed E-state index contributed by atoms with van der Waals surface area (Å²) in [6.45, 7) is 1.99. The van der Waals surface area contributed by atoms with Gasteiger partial charge in [-0.3, -0.25) is 0 Å². The highest BCUT2D eigenvalue weighted by Crippen LogP contribution is 2.41. The Morgan fingerprint density at radius 1 is 1.21 bits per heavy atom. The zero-order chi connectivity index (χ0) is 17.1. The minimum absolute atomic E-state index is 0.0374. The third-order valence-electron chi connectivity index (χ3n) is 4.43. The molecule has 2 aromatic heterocycles. The minimum atomic E-state index is -3.55. The molecule has 1 aromatic carbocycles. The summed E-state index contributed by atoms with van der Waals surface area (Å²) in [5.74, 6) is 0.0374. The molecule has 0 spiro atoms. The molecule has 0 amide bonds. The number of hydrogen-bond acceptors (Lipinski definition) is 3. The molecule has 24 heavy (non-hydrogen) atoms. The first-order valence-electron chi connectivity index (χ1n) is 7.58. The van der Waals surface area contributed by atoms with E-state index in [1.165, 1.54) is 18.7 Å². The molecule has 0 bridgehead atoms. The number of benzene rings is 1. The van der Waals surface area contributed by atoms with Crippen LogP contribution in [0.1, 0.15) is 22.5 Å². The van der Waals surface area contributed by atoms with Crippen LogP contribution in [-0.2, 0) is 16.4 Å². The van der Waals surface area contributed by atoms with Crippen molar-refractivity contribution in [2.24, 2.45) is 0 Å². The Morgan fingerprint density at radius 3 is 2.75 bits per heavy atom. The molecule has 0 fully saturated rings. The first kappa shape index (κ1) is 15.0. The highest BCUT2D eigenvalue weighted by atomic mass is 32.2. The Bertz CT molecular complexity index is 1100. The topological polar surface area (TPSA) is 98.0 Å². The SMILES string of the molecule is CNS(=O)(=O)c1ccc2[nH]c(O)c(C3=CCc4cc(C)[nH]c43)c2c1. The lowest BCUT2D eigenvalue weighted by Crippen LogP contribution is -2.18. The highest BCUT2D eigenvalue weighted by molar-refractivity contribution is 7.89. The van der Waals surface area contributed by atoms with Gasteiger partial charge in [0.1, 0.15) is 0 Å². The monoisotopic (exact) mass is 343 g/mol. The molecule has 0 saturated heterocycles. The van der Waals surface area contributed by atoms with E-state index >= 15 is 0 Å². The number of sulfonamides is 1. The minimum Gasteiger partial charge on any atom is -0.494 e. The number of rotatable bonds is 3. The lowest BCUT2D eigenvalue weighted by molar-refractivity contribution is 0.457. The van der Waals surface area contributed by atoms with E-state index in [1.807, 2.05) is 13.0 Å². The van der Waals surface area contributed by atoms with Crippen LogP contribution in [0.2, 0.25) is 0 Å². The molecule has 6 nitrogen and oxygen atoms in total. The van der Waals surface area contributed by atoms with Crippen molar-refractivity contribution >= 4 is 26.5 Å². The van der Waals surface area contributed by atoms with Crippen LogP contribution in [0.5, 0.6) is 5.88 Å². The van der Waals surface area contributed by atoms with Gasteiger partial charge < -0.3 is 15.1 Å². The molecule has 4 N–H and O–H groups in total. The fourth-order valence-corrected chi connectivity index (χ4v) is 4.06. The molecule has 1 aliphatic rings. The van der Waals surface area contributed by atoms with Crippen LogP contribution in [-0.4, -0.2) is 30.5 Å². The molecule has 2 heterocycles. The van der Waals surface area contributed by atoms with Gasteiger partial charge in [0.15, 0.2) is 5.88 Å². The fraction of sp³-hybridized carbons (Fsp3) is 0.176. The number of hydrogen-bond donors (Lipinski definition) is 4. The number of nitrogens with one attached hydrogen (secondary N) is 3. The van der Waals surface area contributed by atoms with E-state index in [4.69, 9.17) is 0 Å². The number of allylic oxidation sites excluding steroid dienone is 1. The van der Waals surface area contributed by atoms with Crippen molar-refractivity contribution in [3.63, 3.8) is 0 Å². The second-order valence-corrected chi connectivity index (χ2v) is 7.82. The van der Waals surface area contributed by atoms with Gasteiger partial charge in [0.25, 0.3) is 0 Å². The van der Waals surface area contributed by atoms with Crippen molar-refractivity contribution in [1.82, 2.24) is 14.7 Å². The third kappa shape index (κ3) is 2.09. The maximum atomic E-state index is 12.1. The Labute approximate surface area is 139 Å². The lowest BCUT2D eigenvalue weighted by Gasteiger charge is -2.05. The van der Waals surface area contributed by atoms with Crippen molar-refractivity contribution in [3.8, 4) is 5.88 Å². The van der Waals surface area contributed by atoms with E-state index < -0.39 is 10.0 Å². The highest BCUT2D eigenvalue weighted by Gasteiger charge is 2.24. The summed E-state index contributed by atoms with van der Waals surface area (Å²) >= 11 is 0. The van der Waals surface area contributed by atoms with Crippen molar-refractivity contribution in [3.05, 3.63) is 52.9 Å². The van der Waals surface area contributed by atoms with E-state index in [1.54, 1.807) is 12.1 Å². The van der Waals surface area contributed by atoms with Crippen LogP contribution in [0.4, 0.5) is 0 Å². The molecule has 0 saturated carbocycles. The van der Waals surface area contributed by atoms with Crippen LogP contribution < -0.4 is 4.72 Å². The summed E-state index contributed by atoms with van der Waals surface area (Å²) in [5, 5.41) is 11.1. The van der Waals surface area contributed by atoms with Crippen molar-refractivity contribution in [1.29, 1.82) is 0 Å². The van der Waals surface area contributed by atoms with E-state index in [2.05, 4.69) is 20.8 Å². The third-order valence-corrected chi connectivity index (χ3v) is 5.84. The maximum absolute atomic E-state index is 12.1. The van der Waals surface area contributed by atoms with Gasteiger partial charge in [0, 0.05) is 27.9 Å². The van der Waals surface area contributed by atoms with Crippen molar-refractivity contribution in [2.45, 2.75) is 18.2 Å². The normalized spacial score (nSPS) is 14.2. The van der Waals surface area contributed by atoms with Gasteiger partial charge in [0.2, 0.25) is 10.0 Å². The van der Waals surface area contributed by atoms with E-state index in [0.717, 1.165) is 23.4 Å². The average Bonchev–Trinajstić information content (AvgIpc) is 3.18. The quantitative estimate of drug-likeness (QED) is 0.588. The standard InChI is InChI=1S/C17H17N3O3S/c1-9-7-10-3-5-12(16(10)19-9)15-13-8-11(24(22,23)18-2)4-6-14(13)20-17(15)21/h4-8,18-21H,3H2,1-2H3. The molecule has 0 atom stereocenters.